The van der Waals surface area contributed by atoms with Crippen molar-refractivity contribution in [3.63, 3.8) is 0 Å². The van der Waals surface area contributed by atoms with Crippen LogP contribution in [0.25, 0.3) is 5.69 Å². The van der Waals surface area contributed by atoms with Gasteiger partial charge in [0.1, 0.15) is 0 Å². The van der Waals surface area contributed by atoms with Crippen molar-refractivity contribution in [2.24, 2.45) is 0 Å². The fraction of sp³-hybridized carbons (Fsp3) is 0.167. The number of hydrogen-bond donors (Lipinski definition) is 0. The maximum atomic E-state index is 11.3. The predicted molar refractivity (Wildman–Crippen MR) is 66.0 cm³/mol. The lowest BCUT2D eigenvalue weighted by atomic mass is 10.1. The largest absolute Gasteiger partial charge is 0.294 e. The molecule has 0 saturated carbocycles. The van der Waals surface area contributed by atoms with Crippen LogP contribution in [0.2, 0.25) is 0 Å². The summed E-state index contributed by atoms with van der Waals surface area (Å²) < 4.78 is 2.58. The van der Waals surface area contributed by atoms with Crippen LogP contribution in [0.1, 0.15) is 23.0 Å². The van der Waals surface area contributed by atoms with E-state index in [1.807, 2.05) is 31.3 Å². The first kappa shape index (κ1) is 11.1. The van der Waals surface area contributed by atoms with Crippen molar-refractivity contribution in [2.75, 3.05) is 0 Å². The third-order valence-corrected chi connectivity index (χ3v) is 2.98. The second-order valence-electron chi connectivity index (χ2n) is 3.62. The molecular weight excluding hydrogens is 268 g/mol. The Morgan fingerprint density at radius 2 is 2.12 bits per heavy atom. The van der Waals surface area contributed by atoms with E-state index in [-0.39, 0.29) is 5.78 Å². The maximum absolute atomic E-state index is 11.3. The minimum Gasteiger partial charge on any atom is -0.294 e. The van der Waals surface area contributed by atoms with Crippen LogP contribution in [0.15, 0.2) is 34.9 Å². The fourth-order valence-electron chi connectivity index (χ4n) is 1.49. The van der Waals surface area contributed by atoms with E-state index in [1.54, 1.807) is 17.7 Å². The summed E-state index contributed by atoms with van der Waals surface area (Å²) in [6, 6.07) is 7.52. The van der Waals surface area contributed by atoms with Gasteiger partial charge >= 0.3 is 0 Å². The van der Waals surface area contributed by atoms with Crippen molar-refractivity contribution in [3.05, 3.63) is 46.2 Å². The standard InChI is InChI=1S/C12H11BrN2O/c1-8-5-6-15(14-8)10-3-4-11(9(2)16)12(13)7-10/h3-7H,1-2H3. The lowest BCUT2D eigenvalue weighted by molar-refractivity contribution is 0.101. The lowest BCUT2D eigenvalue weighted by Crippen LogP contribution is -1.98. The molecule has 1 aromatic heterocycles. The molecule has 4 heteroatoms. The monoisotopic (exact) mass is 278 g/mol. The molecule has 0 radical (unpaired) electrons. The molecule has 3 nitrogen and oxygen atoms in total. The van der Waals surface area contributed by atoms with Gasteiger partial charge in [-0.2, -0.15) is 5.10 Å². The summed E-state index contributed by atoms with van der Waals surface area (Å²) in [6.07, 6.45) is 1.89. The van der Waals surface area contributed by atoms with E-state index >= 15 is 0 Å². The van der Waals surface area contributed by atoms with Gasteiger partial charge in [0.15, 0.2) is 5.78 Å². The molecule has 0 unspecified atom stereocenters. The SMILES string of the molecule is CC(=O)c1ccc(-n2ccc(C)n2)cc1Br. The predicted octanol–water partition coefficient (Wildman–Crippen LogP) is 3.15. The molecule has 0 aliphatic heterocycles. The first-order valence-corrected chi connectivity index (χ1v) is 5.70. The molecule has 0 bridgehead atoms. The summed E-state index contributed by atoms with van der Waals surface area (Å²) in [5.41, 5.74) is 2.59. The van der Waals surface area contributed by atoms with Gasteiger partial charge < -0.3 is 0 Å². The summed E-state index contributed by atoms with van der Waals surface area (Å²) in [7, 11) is 0. The Kier molecular flexibility index (Phi) is 2.92. The zero-order chi connectivity index (χ0) is 11.7. The summed E-state index contributed by atoms with van der Waals surface area (Å²) in [6.45, 7) is 3.49. The Morgan fingerprint density at radius 3 is 2.62 bits per heavy atom. The Labute approximate surface area is 102 Å². The van der Waals surface area contributed by atoms with Gasteiger partial charge in [-0.25, -0.2) is 4.68 Å². The fourth-order valence-corrected chi connectivity index (χ4v) is 2.14. The Hall–Kier alpha value is -1.42. The van der Waals surface area contributed by atoms with Crippen LogP contribution >= 0.6 is 15.9 Å². The minimum absolute atomic E-state index is 0.0510. The number of hydrogen-bond acceptors (Lipinski definition) is 2. The summed E-state index contributed by atoms with van der Waals surface area (Å²) in [5, 5.41) is 4.31. The molecule has 2 rings (SSSR count). The van der Waals surface area contributed by atoms with E-state index in [0.29, 0.717) is 5.56 Å². The van der Waals surface area contributed by atoms with Gasteiger partial charge in [-0.15, -0.1) is 0 Å². The lowest BCUT2D eigenvalue weighted by Gasteiger charge is -2.05. The van der Waals surface area contributed by atoms with Crippen LogP contribution < -0.4 is 0 Å². The van der Waals surface area contributed by atoms with Crippen LogP contribution in [0.3, 0.4) is 0 Å². The van der Waals surface area contributed by atoms with Gasteiger partial charge in [0.2, 0.25) is 0 Å². The highest BCUT2D eigenvalue weighted by molar-refractivity contribution is 9.10. The Balaban J connectivity index is 2.45. The van der Waals surface area contributed by atoms with Gasteiger partial charge in [-0.1, -0.05) is 0 Å². The minimum atomic E-state index is 0.0510. The van der Waals surface area contributed by atoms with Gasteiger partial charge in [-0.05, 0) is 54.0 Å². The van der Waals surface area contributed by atoms with Crippen LogP contribution in [0.5, 0.6) is 0 Å². The maximum Gasteiger partial charge on any atom is 0.160 e. The number of ketones is 1. The van der Waals surface area contributed by atoms with Crippen molar-refractivity contribution in [1.82, 2.24) is 9.78 Å². The molecule has 16 heavy (non-hydrogen) atoms. The summed E-state index contributed by atoms with van der Waals surface area (Å²) in [4.78, 5) is 11.3. The number of Topliss-reactive ketones (excluding diaryl/α,β-unsaturated/α-hetero) is 1. The van der Waals surface area contributed by atoms with Crippen LogP contribution in [-0.4, -0.2) is 15.6 Å². The number of aryl methyl sites for hydroxylation is 1. The highest BCUT2D eigenvalue weighted by atomic mass is 79.9. The van der Waals surface area contributed by atoms with Crippen molar-refractivity contribution in [2.45, 2.75) is 13.8 Å². The number of benzene rings is 1. The smallest absolute Gasteiger partial charge is 0.160 e. The third kappa shape index (κ3) is 2.07. The molecule has 0 N–H and O–H groups in total. The molecule has 0 spiro atoms. The van der Waals surface area contributed by atoms with Crippen molar-refractivity contribution >= 4 is 21.7 Å². The zero-order valence-corrected chi connectivity index (χ0v) is 10.7. The van der Waals surface area contributed by atoms with E-state index < -0.39 is 0 Å². The number of aromatic nitrogens is 2. The summed E-state index contributed by atoms with van der Waals surface area (Å²) in [5.74, 6) is 0.0510. The van der Waals surface area contributed by atoms with Crippen LogP contribution in [-0.2, 0) is 0 Å². The van der Waals surface area contributed by atoms with Gasteiger partial charge in [0.05, 0.1) is 11.4 Å². The van der Waals surface area contributed by atoms with E-state index in [1.165, 1.54) is 0 Å². The molecule has 0 atom stereocenters. The number of carbonyl (C=O) groups excluding carboxylic acids is 1. The molecule has 0 amide bonds. The van der Waals surface area contributed by atoms with Crippen molar-refractivity contribution < 1.29 is 4.79 Å². The Morgan fingerprint density at radius 1 is 1.38 bits per heavy atom. The number of nitrogens with zero attached hydrogens (tertiary/aromatic N) is 2. The average Bonchev–Trinajstić information content (AvgIpc) is 2.64. The van der Waals surface area contributed by atoms with Crippen molar-refractivity contribution in [1.29, 1.82) is 0 Å². The molecule has 1 heterocycles. The van der Waals surface area contributed by atoms with Crippen molar-refractivity contribution in [3.8, 4) is 5.69 Å². The molecule has 1 aromatic carbocycles. The first-order valence-electron chi connectivity index (χ1n) is 4.91. The molecule has 0 aliphatic rings. The highest BCUT2D eigenvalue weighted by Crippen LogP contribution is 2.21. The molecule has 0 fully saturated rings. The molecule has 0 aliphatic carbocycles. The van der Waals surface area contributed by atoms with Gasteiger partial charge in [0.25, 0.3) is 0 Å². The average molecular weight is 279 g/mol. The molecule has 0 saturated heterocycles. The van der Waals surface area contributed by atoms with E-state index in [0.717, 1.165) is 15.9 Å². The second-order valence-corrected chi connectivity index (χ2v) is 4.48. The molecule has 2 aromatic rings. The highest BCUT2D eigenvalue weighted by Gasteiger charge is 2.07. The molecule has 82 valence electrons. The quantitative estimate of drug-likeness (QED) is 0.791. The number of carbonyl (C=O) groups is 1. The topological polar surface area (TPSA) is 34.9 Å². The normalized spacial score (nSPS) is 10.4. The van der Waals surface area contributed by atoms with Gasteiger partial charge in [-0.3, -0.25) is 4.79 Å². The Bertz CT molecular complexity index is 546. The van der Waals surface area contributed by atoms with E-state index in [9.17, 15) is 4.79 Å². The number of halogens is 1. The van der Waals surface area contributed by atoms with E-state index in [4.69, 9.17) is 0 Å². The van der Waals surface area contributed by atoms with E-state index in [2.05, 4.69) is 21.0 Å². The molecular formula is C12H11BrN2O. The second kappa shape index (κ2) is 4.22. The van der Waals surface area contributed by atoms with Crippen LogP contribution in [0.4, 0.5) is 0 Å². The summed E-state index contributed by atoms with van der Waals surface area (Å²) >= 11 is 3.39. The third-order valence-electron chi connectivity index (χ3n) is 2.32. The van der Waals surface area contributed by atoms with Crippen LogP contribution in [0, 0.1) is 6.92 Å². The van der Waals surface area contributed by atoms with Gasteiger partial charge in [0, 0.05) is 16.2 Å². The first-order chi connectivity index (χ1) is 7.58. The zero-order valence-electron chi connectivity index (χ0n) is 9.07. The number of rotatable bonds is 2.